The molecule has 1 nitrogen and oxygen atoms in total. The summed E-state index contributed by atoms with van der Waals surface area (Å²) in [5, 5.41) is 12.2. The molecule has 2 aromatic rings. The van der Waals surface area contributed by atoms with Gasteiger partial charge in [0, 0.05) is 19.0 Å². The molecule has 90 valence electrons. The van der Waals surface area contributed by atoms with Gasteiger partial charge in [0.05, 0.1) is 10.6 Å². The zero-order valence-electron chi connectivity index (χ0n) is 8.95. The van der Waals surface area contributed by atoms with Gasteiger partial charge in [0.25, 0.3) is 0 Å². The zero-order chi connectivity index (χ0) is 13.1. The van der Waals surface area contributed by atoms with E-state index in [1.165, 1.54) is 11.3 Å². The Morgan fingerprint density at radius 3 is 2.72 bits per heavy atom. The number of rotatable bonds is 2. The van der Waals surface area contributed by atoms with Crippen LogP contribution in [0.2, 0.25) is 5.02 Å². The molecule has 1 aromatic carbocycles. The summed E-state index contributed by atoms with van der Waals surface area (Å²) in [5.74, 6) is 0. The highest BCUT2D eigenvalue weighted by molar-refractivity contribution is 14.1. The normalized spacial score (nSPS) is 11.9. The van der Waals surface area contributed by atoms with Gasteiger partial charge in [0.1, 0.15) is 6.07 Å². The van der Waals surface area contributed by atoms with Crippen LogP contribution in [0.5, 0.6) is 0 Å². The molecule has 0 aliphatic rings. The summed E-state index contributed by atoms with van der Waals surface area (Å²) in [6, 6.07) is 11.4. The van der Waals surface area contributed by atoms with Gasteiger partial charge in [-0.3, -0.25) is 0 Å². The van der Waals surface area contributed by atoms with Gasteiger partial charge in [-0.2, -0.15) is 5.26 Å². The molecule has 0 unspecified atom stereocenters. The molecule has 18 heavy (non-hydrogen) atoms. The Kier molecular flexibility index (Phi) is 4.68. The van der Waals surface area contributed by atoms with Gasteiger partial charge in [-0.25, -0.2) is 0 Å². The van der Waals surface area contributed by atoms with Crippen LogP contribution < -0.4 is 0 Å². The highest BCUT2D eigenvalue weighted by atomic mass is 127. The fraction of sp³-hybridized carbons (Fsp3) is 0. The summed E-state index contributed by atoms with van der Waals surface area (Å²) in [6.07, 6.45) is 0. The summed E-state index contributed by atoms with van der Waals surface area (Å²) in [4.78, 5) is 0.860. The molecule has 0 spiro atoms. The monoisotopic (exact) mass is 405 g/mol. The lowest BCUT2D eigenvalue weighted by Gasteiger charge is -2.06. The maximum atomic E-state index is 9.27. The minimum Gasteiger partial charge on any atom is -0.192 e. The highest BCUT2D eigenvalue weighted by Gasteiger charge is 2.13. The first kappa shape index (κ1) is 13.9. The van der Waals surface area contributed by atoms with Gasteiger partial charge < -0.3 is 0 Å². The van der Waals surface area contributed by atoms with E-state index in [-0.39, 0.29) is 0 Å². The van der Waals surface area contributed by atoms with Gasteiger partial charge in [0.15, 0.2) is 0 Å². The molecule has 0 bridgehead atoms. The Hall–Kier alpha value is -0.540. The first-order valence-electron chi connectivity index (χ1n) is 4.92. The molecule has 0 aliphatic heterocycles. The van der Waals surface area contributed by atoms with Crippen LogP contribution in [0.1, 0.15) is 10.4 Å². The molecule has 5 heteroatoms. The molecule has 0 saturated heterocycles. The lowest BCUT2D eigenvalue weighted by Crippen LogP contribution is -1.87. The van der Waals surface area contributed by atoms with Gasteiger partial charge in [-0.05, 0) is 52.2 Å². The van der Waals surface area contributed by atoms with E-state index in [2.05, 4.69) is 28.7 Å². The third kappa shape index (κ3) is 2.89. The van der Waals surface area contributed by atoms with E-state index in [9.17, 15) is 5.26 Å². The minimum absolute atomic E-state index is 0.437. The van der Waals surface area contributed by atoms with Gasteiger partial charge in [-0.15, -0.1) is 11.3 Å². The molecule has 0 amide bonds. The quantitative estimate of drug-likeness (QED) is 0.468. The topological polar surface area (TPSA) is 23.8 Å². The van der Waals surface area contributed by atoms with Crippen LogP contribution in [-0.2, 0) is 0 Å². The second kappa shape index (κ2) is 6.07. The van der Waals surface area contributed by atoms with E-state index in [0.29, 0.717) is 15.6 Å². The van der Waals surface area contributed by atoms with Crippen LogP contribution in [0.25, 0.3) is 10.6 Å². The molecular weight excluding hydrogens is 400 g/mol. The standard InChI is InChI=1S/C13H6Cl2INS/c14-8-3-4-11(16)9(6-8)13(15)10(7-17)12-2-1-5-18-12/h1-6H/b13-10-. The Morgan fingerprint density at radius 2 is 2.11 bits per heavy atom. The largest absolute Gasteiger partial charge is 0.192 e. The van der Waals surface area contributed by atoms with Crippen LogP contribution in [0.15, 0.2) is 35.7 Å². The van der Waals surface area contributed by atoms with Crippen LogP contribution in [-0.4, -0.2) is 0 Å². The first-order valence-corrected chi connectivity index (χ1v) is 7.64. The summed E-state index contributed by atoms with van der Waals surface area (Å²) >= 11 is 16.0. The first-order chi connectivity index (χ1) is 8.63. The van der Waals surface area contributed by atoms with E-state index >= 15 is 0 Å². The molecule has 0 atom stereocenters. The minimum atomic E-state index is 0.437. The van der Waals surface area contributed by atoms with Crippen molar-refractivity contribution in [1.29, 1.82) is 5.26 Å². The number of allylic oxidation sites excluding steroid dienone is 1. The van der Waals surface area contributed by atoms with E-state index in [1.54, 1.807) is 12.1 Å². The maximum absolute atomic E-state index is 9.27. The number of benzene rings is 1. The van der Waals surface area contributed by atoms with E-state index in [4.69, 9.17) is 23.2 Å². The van der Waals surface area contributed by atoms with Crippen molar-refractivity contribution >= 4 is 67.7 Å². The summed E-state index contributed by atoms with van der Waals surface area (Å²) in [6.45, 7) is 0. The summed E-state index contributed by atoms with van der Waals surface area (Å²) < 4.78 is 0.964. The number of hydrogen-bond acceptors (Lipinski definition) is 2. The van der Waals surface area contributed by atoms with Crippen molar-refractivity contribution in [1.82, 2.24) is 0 Å². The molecule has 1 heterocycles. The predicted molar refractivity (Wildman–Crippen MR) is 86.8 cm³/mol. The molecule has 0 fully saturated rings. The van der Waals surface area contributed by atoms with Gasteiger partial charge in [-0.1, -0.05) is 29.3 Å². The fourth-order valence-electron chi connectivity index (χ4n) is 1.43. The number of halogens is 3. The number of hydrogen-bond donors (Lipinski definition) is 0. The third-order valence-electron chi connectivity index (χ3n) is 2.26. The molecule has 0 N–H and O–H groups in total. The number of nitrogens with zero attached hydrogens (tertiary/aromatic N) is 1. The number of thiophene rings is 1. The number of nitriles is 1. The summed E-state index contributed by atoms with van der Waals surface area (Å²) in [5.41, 5.74) is 1.27. The van der Waals surface area contributed by atoms with Crippen molar-refractivity contribution in [3.63, 3.8) is 0 Å². The van der Waals surface area contributed by atoms with Crippen molar-refractivity contribution in [3.05, 3.63) is 54.7 Å². The average molecular weight is 406 g/mol. The lowest BCUT2D eigenvalue weighted by atomic mass is 10.1. The molecule has 0 aliphatic carbocycles. The van der Waals surface area contributed by atoms with Gasteiger partial charge in [0.2, 0.25) is 0 Å². The predicted octanol–water partition coefficient (Wildman–Crippen LogP) is 5.64. The van der Waals surface area contributed by atoms with E-state index in [0.717, 1.165) is 14.0 Å². The second-order valence-corrected chi connectivity index (χ2v) is 6.33. The van der Waals surface area contributed by atoms with Crippen molar-refractivity contribution in [2.75, 3.05) is 0 Å². The fourth-order valence-corrected chi connectivity index (χ4v) is 3.45. The Bertz CT molecular complexity index is 642. The highest BCUT2D eigenvalue weighted by Crippen LogP contribution is 2.34. The third-order valence-corrected chi connectivity index (χ3v) is 4.72. The summed E-state index contributed by atoms with van der Waals surface area (Å²) in [7, 11) is 0. The Morgan fingerprint density at radius 1 is 1.33 bits per heavy atom. The van der Waals surface area contributed by atoms with Crippen molar-refractivity contribution < 1.29 is 0 Å². The average Bonchev–Trinajstić information content (AvgIpc) is 2.87. The maximum Gasteiger partial charge on any atom is 0.102 e. The van der Waals surface area contributed by atoms with Crippen LogP contribution in [0.3, 0.4) is 0 Å². The second-order valence-electron chi connectivity index (χ2n) is 3.40. The van der Waals surface area contributed by atoms with Crippen molar-refractivity contribution in [3.8, 4) is 6.07 Å². The van der Waals surface area contributed by atoms with E-state index < -0.39 is 0 Å². The SMILES string of the molecule is N#C/C(=C(/Cl)c1cc(Cl)ccc1I)c1cccs1. The van der Waals surface area contributed by atoms with Crippen molar-refractivity contribution in [2.24, 2.45) is 0 Å². The molecule has 2 rings (SSSR count). The van der Waals surface area contributed by atoms with Crippen LogP contribution in [0, 0.1) is 14.9 Å². The van der Waals surface area contributed by atoms with Crippen molar-refractivity contribution in [2.45, 2.75) is 0 Å². The van der Waals surface area contributed by atoms with Crippen LogP contribution >= 0.6 is 57.1 Å². The smallest absolute Gasteiger partial charge is 0.102 e. The molecule has 0 saturated carbocycles. The van der Waals surface area contributed by atoms with Crippen LogP contribution in [0.4, 0.5) is 0 Å². The Balaban J connectivity index is 2.62. The zero-order valence-corrected chi connectivity index (χ0v) is 13.4. The molecule has 1 aromatic heterocycles. The Labute approximate surface area is 133 Å². The molecular formula is C13H6Cl2INS. The van der Waals surface area contributed by atoms with Gasteiger partial charge >= 0.3 is 0 Å². The van der Waals surface area contributed by atoms with E-state index in [1.807, 2.05) is 23.6 Å². The lowest BCUT2D eigenvalue weighted by molar-refractivity contribution is 1.53. The molecule has 0 radical (unpaired) electrons.